The van der Waals surface area contributed by atoms with Crippen LogP contribution in [0.2, 0.25) is 0 Å². The smallest absolute Gasteiger partial charge is 0.346 e. The second kappa shape index (κ2) is 13.2. The van der Waals surface area contributed by atoms with Gasteiger partial charge in [0.25, 0.3) is 0 Å². The molecule has 14 nitrogen and oxygen atoms in total. The van der Waals surface area contributed by atoms with E-state index in [1.54, 1.807) is 91.0 Å². The molecule has 232 valence electrons. The van der Waals surface area contributed by atoms with Gasteiger partial charge in [-0.05, 0) is 36.4 Å². The lowest BCUT2D eigenvalue weighted by molar-refractivity contribution is -0.0678. The first-order chi connectivity index (χ1) is 22.4. The average molecular weight is 623 g/mol. The maximum absolute atomic E-state index is 13.3. The van der Waals surface area contributed by atoms with E-state index in [2.05, 4.69) is 20.3 Å². The fourth-order valence-electron chi connectivity index (χ4n) is 4.81. The third-order valence-corrected chi connectivity index (χ3v) is 7.07. The number of aromatic amines is 1. The number of carbonyl (C=O) groups is 3. The van der Waals surface area contributed by atoms with E-state index in [9.17, 15) is 19.2 Å². The summed E-state index contributed by atoms with van der Waals surface area (Å²) in [7, 11) is 0. The molecule has 4 atom stereocenters. The number of nitrogens with one attached hydrogen (secondary N) is 1. The number of benzene rings is 3. The Morgan fingerprint density at radius 3 is 1.91 bits per heavy atom. The number of anilines is 1. The minimum Gasteiger partial charge on any atom is -0.459 e. The molecule has 0 unspecified atom stereocenters. The van der Waals surface area contributed by atoms with Crippen LogP contribution in [-0.2, 0) is 18.9 Å². The lowest BCUT2D eigenvalue weighted by atomic mass is 10.1. The molecule has 0 spiro atoms. The van der Waals surface area contributed by atoms with Gasteiger partial charge in [-0.3, -0.25) is 4.98 Å². The molecule has 5 aromatic rings. The summed E-state index contributed by atoms with van der Waals surface area (Å²) in [6, 6.07) is 24.8. The summed E-state index contributed by atoms with van der Waals surface area (Å²) in [6.45, 7) is -0.366. The number of nitrogen functional groups attached to an aromatic ring is 1. The number of esters is 3. The highest BCUT2D eigenvalue weighted by atomic mass is 16.7. The Kier molecular flexibility index (Phi) is 8.60. The van der Waals surface area contributed by atoms with Crippen molar-refractivity contribution in [3.05, 3.63) is 131 Å². The fourth-order valence-corrected chi connectivity index (χ4v) is 4.81. The van der Waals surface area contributed by atoms with Crippen molar-refractivity contribution in [2.45, 2.75) is 24.5 Å². The predicted octanol–water partition coefficient (Wildman–Crippen LogP) is 2.82. The van der Waals surface area contributed by atoms with Crippen molar-refractivity contribution >= 4 is 23.7 Å². The molecule has 0 bridgehead atoms. The van der Waals surface area contributed by atoms with Gasteiger partial charge in [-0.25, -0.2) is 28.8 Å². The third-order valence-electron chi connectivity index (χ3n) is 7.07. The zero-order chi connectivity index (χ0) is 32.0. The molecule has 46 heavy (non-hydrogen) atoms. The van der Waals surface area contributed by atoms with Crippen molar-refractivity contribution < 1.29 is 33.3 Å². The molecule has 1 saturated heterocycles. The highest BCUT2D eigenvalue weighted by Gasteiger charge is 2.52. The average Bonchev–Trinajstić information content (AvgIpc) is 3.70. The Morgan fingerprint density at radius 2 is 1.35 bits per heavy atom. The minimum absolute atomic E-state index is 0.00631. The quantitative estimate of drug-likeness (QED) is 0.181. The number of aromatic nitrogens is 5. The van der Waals surface area contributed by atoms with E-state index in [0.29, 0.717) is 5.56 Å². The zero-order valence-corrected chi connectivity index (χ0v) is 24.0. The summed E-state index contributed by atoms with van der Waals surface area (Å²) in [6.07, 6.45) is -2.19. The number of rotatable bonds is 9. The normalized spacial score (nSPS) is 18.9. The number of hydrogen-bond acceptors (Lipinski definition) is 12. The molecule has 6 rings (SSSR count). The Labute approximate surface area is 260 Å². The van der Waals surface area contributed by atoms with Crippen molar-refractivity contribution in [1.29, 1.82) is 0 Å². The number of hydrogen-bond donors (Lipinski definition) is 2. The monoisotopic (exact) mass is 622 g/mol. The third kappa shape index (κ3) is 6.51. The molecule has 0 saturated carbocycles. The number of nitrogens with zero attached hydrogens (tertiary/aromatic N) is 4. The number of nitrogens with two attached hydrogens (primary N) is 1. The van der Waals surface area contributed by atoms with Gasteiger partial charge < -0.3 is 24.7 Å². The molecule has 1 fully saturated rings. The van der Waals surface area contributed by atoms with Crippen LogP contribution in [0.1, 0.15) is 37.3 Å². The van der Waals surface area contributed by atoms with Gasteiger partial charge in [0.05, 0.1) is 28.5 Å². The van der Waals surface area contributed by atoms with Crippen molar-refractivity contribution in [1.82, 2.24) is 25.0 Å². The summed E-state index contributed by atoms with van der Waals surface area (Å²) in [5.41, 5.74) is 6.60. The standard InChI is InChI=1S/C32H26N6O8/c33-27-22(16-34-32(42)35-27)23-17-38(37-36-23)28-26(46-31(41)21-14-8-3-9-15-21)25(45-30(40)20-12-6-2-7-13-20)24(44-28)18-43-29(39)19-10-4-1-5-11-19/h1-17,24-26,28H,18H2,(H3,33,34,35,42)/t24-,25-,26-,28-/m1/s1. The van der Waals surface area contributed by atoms with Crippen LogP contribution in [-0.4, -0.2) is 67.8 Å². The van der Waals surface area contributed by atoms with Crippen LogP contribution < -0.4 is 11.4 Å². The lowest BCUT2D eigenvalue weighted by Crippen LogP contribution is -2.41. The van der Waals surface area contributed by atoms with Gasteiger partial charge in [0.2, 0.25) is 0 Å². The Bertz CT molecular complexity index is 1900. The van der Waals surface area contributed by atoms with Crippen LogP contribution in [0, 0.1) is 0 Å². The molecule has 1 aliphatic rings. The first kappa shape index (κ1) is 29.9. The Hall–Kier alpha value is -6.15. The molecule has 3 aromatic carbocycles. The summed E-state index contributed by atoms with van der Waals surface area (Å²) >= 11 is 0. The minimum atomic E-state index is -1.29. The summed E-state index contributed by atoms with van der Waals surface area (Å²) < 4.78 is 24.9. The van der Waals surface area contributed by atoms with Gasteiger partial charge in [0, 0.05) is 6.20 Å². The number of ether oxygens (including phenoxy) is 4. The molecule has 3 heterocycles. The molecule has 1 aliphatic heterocycles. The van der Waals surface area contributed by atoms with Crippen molar-refractivity contribution in [2.24, 2.45) is 0 Å². The van der Waals surface area contributed by atoms with E-state index in [4.69, 9.17) is 24.7 Å². The topological polar surface area (TPSA) is 191 Å². The predicted molar refractivity (Wildman–Crippen MR) is 160 cm³/mol. The summed E-state index contributed by atoms with van der Waals surface area (Å²) in [4.78, 5) is 57.1. The highest BCUT2D eigenvalue weighted by molar-refractivity contribution is 5.91. The van der Waals surface area contributed by atoms with E-state index in [1.165, 1.54) is 17.1 Å². The van der Waals surface area contributed by atoms with E-state index < -0.39 is 48.1 Å². The van der Waals surface area contributed by atoms with Gasteiger partial charge in [0.1, 0.15) is 24.2 Å². The number of H-pyrrole nitrogens is 1. The van der Waals surface area contributed by atoms with Gasteiger partial charge in [-0.15, -0.1) is 5.10 Å². The first-order valence-electron chi connectivity index (χ1n) is 14.0. The fraction of sp³-hybridized carbons (Fsp3) is 0.156. The molecule has 0 radical (unpaired) electrons. The largest absolute Gasteiger partial charge is 0.459 e. The van der Waals surface area contributed by atoms with E-state index in [0.717, 1.165) is 0 Å². The van der Waals surface area contributed by atoms with Crippen LogP contribution in [0.15, 0.2) is 108 Å². The second-order valence-electron chi connectivity index (χ2n) is 10.1. The van der Waals surface area contributed by atoms with Crippen LogP contribution in [0.4, 0.5) is 5.82 Å². The van der Waals surface area contributed by atoms with E-state index >= 15 is 0 Å². The molecule has 2 aromatic heterocycles. The van der Waals surface area contributed by atoms with Crippen molar-refractivity contribution in [3.8, 4) is 11.3 Å². The van der Waals surface area contributed by atoms with Gasteiger partial charge in [-0.2, -0.15) is 0 Å². The van der Waals surface area contributed by atoms with E-state index in [-0.39, 0.29) is 34.8 Å². The van der Waals surface area contributed by atoms with Crippen LogP contribution in [0.5, 0.6) is 0 Å². The Morgan fingerprint density at radius 1 is 0.804 bits per heavy atom. The lowest BCUT2D eigenvalue weighted by Gasteiger charge is -2.24. The molecule has 14 heteroatoms. The molecule has 0 amide bonds. The van der Waals surface area contributed by atoms with Crippen LogP contribution in [0.25, 0.3) is 11.3 Å². The molecular weight excluding hydrogens is 596 g/mol. The van der Waals surface area contributed by atoms with Crippen molar-refractivity contribution in [2.75, 3.05) is 12.3 Å². The van der Waals surface area contributed by atoms with Crippen LogP contribution in [0.3, 0.4) is 0 Å². The summed E-state index contributed by atoms with van der Waals surface area (Å²) in [5.74, 6) is -2.08. The second-order valence-corrected chi connectivity index (χ2v) is 10.1. The zero-order valence-electron chi connectivity index (χ0n) is 24.0. The highest BCUT2D eigenvalue weighted by Crippen LogP contribution is 2.36. The molecule has 0 aliphatic carbocycles. The van der Waals surface area contributed by atoms with Gasteiger partial charge in [-0.1, -0.05) is 59.8 Å². The first-order valence-corrected chi connectivity index (χ1v) is 14.0. The van der Waals surface area contributed by atoms with Gasteiger partial charge in [0.15, 0.2) is 18.4 Å². The van der Waals surface area contributed by atoms with E-state index in [1.807, 2.05) is 0 Å². The Balaban J connectivity index is 1.35. The number of carbonyl (C=O) groups excluding carboxylic acids is 3. The van der Waals surface area contributed by atoms with Gasteiger partial charge >= 0.3 is 23.6 Å². The van der Waals surface area contributed by atoms with Crippen LogP contribution >= 0.6 is 0 Å². The maximum Gasteiger partial charge on any atom is 0.346 e. The van der Waals surface area contributed by atoms with Crippen molar-refractivity contribution in [3.63, 3.8) is 0 Å². The SMILES string of the molecule is Nc1[nH]c(=O)ncc1-c1cn([C@@H]2O[C@H](COC(=O)c3ccccc3)[C@@H](OC(=O)c3ccccc3)[C@H]2OC(=O)c2ccccc2)nn1. The summed E-state index contributed by atoms with van der Waals surface area (Å²) in [5, 5.41) is 8.27. The molecule has 3 N–H and O–H groups in total. The maximum atomic E-state index is 13.3. The molecular formula is C32H26N6O8.